The van der Waals surface area contributed by atoms with Crippen LogP contribution < -0.4 is 39.9 Å². The van der Waals surface area contributed by atoms with Crippen molar-refractivity contribution in [3.8, 4) is 0 Å². The van der Waals surface area contributed by atoms with Crippen LogP contribution in [-0.4, -0.2) is 26.7 Å². The summed E-state index contributed by atoms with van der Waals surface area (Å²) in [6, 6.07) is 33.5. The maximum atomic E-state index is 5.26. The average Bonchev–Trinajstić information content (AvgIpc) is 2.91. The molecule has 0 saturated heterocycles. The lowest BCUT2D eigenvalue weighted by atomic mass is 10.1. The zero-order valence-corrected chi connectivity index (χ0v) is 24.2. The predicted molar refractivity (Wildman–Crippen MR) is 149 cm³/mol. The molecule has 0 aromatic heterocycles. The predicted octanol–water partition coefficient (Wildman–Crippen LogP) is 3.89. The van der Waals surface area contributed by atoms with E-state index in [-0.39, 0.29) is 30.3 Å². The van der Waals surface area contributed by atoms with Crippen molar-refractivity contribution in [2.24, 2.45) is 0 Å². The highest BCUT2D eigenvalue weighted by atomic mass is 127. The number of allylic oxidation sites excluding steroid dienone is 2. The second-order valence-electron chi connectivity index (χ2n) is 8.69. The Bertz CT molecular complexity index is 847. The smallest absolute Gasteiger partial charge is 0.156 e. The van der Waals surface area contributed by atoms with Crippen molar-refractivity contribution < 1.29 is 33.5 Å². The Morgan fingerprint density at radius 2 is 1.03 bits per heavy atom. The highest BCUT2D eigenvalue weighted by Gasteiger charge is 2.44. The zero-order chi connectivity index (χ0) is 23.9. The summed E-state index contributed by atoms with van der Waals surface area (Å²) in [6.07, 6.45) is 13.9. The molecule has 0 aliphatic carbocycles. The van der Waals surface area contributed by atoms with Gasteiger partial charge in [-0.25, -0.2) is 0 Å². The fourth-order valence-electron chi connectivity index (χ4n) is 4.65. The monoisotopic (exact) mass is 602 g/mol. The van der Waals surface area contributed by atoms with Gasteiger partial charge in [-0.3, -0.25) is 0 Å². The Balaban J connectivity index is 0.00000432. The first-order valence-corrected chi connectivity index (χ1v) is 14.5. The van der Waals surface area contributed by atoms with Crippen LogP contribution in [0.3, 0.4) is 0 Å². The number of methoxy groups -OCH3 is 2. The molecule has 35 heavy (non-hydrogen) atoms. The molecule has 0 aliphatic heterocycles. The molecule has 0 radical (unpaired) electrons. The van der Waals surface area contributed by atoms with Crippen molar-refractivity contribution in [3.63, 3.8) is 0 Å². The number of hydrogen-bond donors (Lipinski definition) is 0. The Labute approximate surface area is 230 Å². The van der Waals surface area contributed by atoms with E-state index in [0.29, 0.717) is 0 Å². The third-order valence-electron chi connectivity index (χ3n) is 6.46. The van der Waals surface area contributed by atoms with Crippen LogP contribution in [-0.2, 0) is 9.47 Å². The van der Waals surface area contributed by atoms with E-state index >= 15 is 0 Å². The molecule has 2 nitrogen and oxygen atoms in total. The summed E-state index contributed by atoms with van der Waals surface area (Å²) >= 11 is 0. The van der Waals surface area contributed by atoms with E-state index in [2.05, 4.69) is 103 Å². The Kier molecular flexibility index (Phi) is 14.5. The van der Waals surface area contributed by atoms with Gasteiger partial charge in [-0.2, -0.15) is 0 Å². The molecule has 0 N–H and O–H groups in total. The molecule has 0 unspecified atom stereocenters. The summed E-state index contributed by atoms with van der Waals surface area (Å²) < 4.78 is 10.5. The molecule has 0 spiro atoms. The number of rotatable bonds is 15. The van der Waals surface area contributed by atoms with Gasteiger partial charge in [0, 0.05) is 14.2 Å². The molecule has 0 saturated carbocycles. The minimum atomic E-state index is -1.70. The van der Waals surface area contributed by atoms with Gasteiger partial charge in [0.05, 0.1) is 6.16 Å². The van der Waals surface area contributed by atoms with E-state index in [4.69, 9.17) is 9.47 Å². The van der Waals surface area contributed by atoms with Gasteiger partial charge in [-0.15, -0.1) is 0 Å². The zero-order valence-electron chi connectivity index (χ0n) is 21.2. The molecule has 0 amide bonds. The van der Waals surface area contributed by atoms with Gasteiger partial charge in [-0.1, -0.05) is 73.2 Å². The molecular weight excluding hydrogens is 562 g/mol. The average molecular weight is 603 g/mol. The molecule has 4 heteroatoms. The van der Waals surface area contributed by atoms with Crippen LogP contribution in [0, 0.1) is 0 Å². The molecule has 3 rings (SSSR count). The molecule has 0 fully saturated rings. The van der Waals surface area contributed by atoms with Crippen molar-refractivity contribution in [2.45, 2.75) is 51.2 Å². The quantitative estimate of drug-likeness (QED) is 0.0865. The Morgan fingerprint density at radius 1 is 0.600 bits per heavy atom. The van der Waals surface area contributed by atoms with Gasteiger partial charge in [0.15, 0.2) is 6.29 Å². The van der Waals surface area contributed by atoms with Gasteiger partial charge in [0.1, 0.15) is 23.2 Å². The van der Waals surface area contributed by atoms with E-state index in [1.165, 1.54) is 41.3 Å². The highest BCUT2D eigenvalue weighted by molar-refractivity contribution is 7.95. The molecular formula is C31H40IO2P. The fourth-order valence-corrected chi connectivity index (χ4v) is 9.02. The third-order valence-corrected chi connectivity index (χ3v) is 11.0. The van der Waals surface area contributed by atoms with Crippen LogP contribution in [0.15, 0.2) is 103 Å². The first-order valence-electron chi connectivity index (χ1n) is 12.6. The minimum absolute atomic E-state index is 0. The van der Waals surface area contributed by atoms with E-state index in [1.807, 2.05) is 0 Å². The van der Waals surface area contributed by atoms with Crippen LogP contribution in [0.25, 0.3) is 0 Å². The molecule has 0 bridgehead atoms. The van der Waals surface area contributed by atoms with Crippen LogP contribution in [0.4, 0.5) is 0 Å². The van der Waals surface area contributed by atoms with Crippen LogP contribution in [0.5, 0.6) is 0 Å². The van der Waals surface area contributed by atoms with Gasteiger partial charge < -0.3 is 33.5 Å². The second kappa shape index (κ2) is 17.0. The van der Waals surface area contributed by atoms with Crippen LogP contribution in [0.2, 0.25) is 0 Å². The van der Waals surface area contributed by atoms with Gasteiger partial charge in [0.25, 0.3) is 0 Å². The van der Waals surface area contributed by atoms with Crippen LogP contribution in [0.1, 0.15) is 44.9 Å². The number of benzene rings is 3. The number of hydrogen-bond acceptors (Lipinski definition) is 2. The summed E-state index contributed by atoms with van der Waals surface area (Å²) in [4.78, 5) is 0. The normalized spacial score (nSPS) is 11.6. The summed E-state index contributed by atoms with van der Waals surface area (Å²) in [6.45, 7) is 0. The first kappa shape index (κ1) is 29.7. The standard InChI is InChI=1S/C31H40O2P.HI/c1-32-31(33-2)26-18-7-5-3-4-6-8-19-27-34(28-20-12-9-13-21-28,29-22-14-10-15-23-29)30-24-16-11-17-25-30;/h4,6,9-17,20-25,31H,3,5,7-8,18-19,26-27H2,1-2H3;1H/q+1;/p-1. The van der Waals surface area contributed by atoms with E-state index < -0.39 is 7.26 Å². The number of unbranched alkanes of at least 4 members (excludes halogenated alkanes) is 4. The SMILES string of the molecule is COC(CCCCCC=CCCC[P+](c1ccccc1)(c1ccccc1)c1ccccc1)OC.[I-]. The Hall–Kier alpha value is -1.52. The van der Waals surface area contributed by atoms with Gasteiger partial charge in [0.2, 0.25) is 0 Å². The topological polar surface area (TPSA) is 18.5 Å². The van der Waals surface area contributed by atoms with E-state index in [1.54, 1.807) is 14.2 Å². The van der Waals surface area contributed by atoms with Crippen molar-refractivity contribution >= 4 is 23.2 Å². The van der Waals surface area contributed by atoms with E-state index in [9.17, 15) is 0 Å². The fraction of sp³-hybridized carbons (Fsp3) is 0.355. The largest absolute Gasteiger partial charge is 1.00 e. The number of ether oxygens (including phenoxy) is 2. The van der Waals surface area contributed by atoms with Crippen molar-refractivity contribution in [1.82, 2.24) is 0 Å². The minimum Gasteiger partial charge on any atom is -1.00 e. The van der Waals surface area contributed by atoms with Gasteiger partial charge >= 0.3 is 0 Å². The lowest BCUT2D eigenvalue weighted by molar-refractivity contribution is -0.107. The molecule has 188 valence electrons. The molecule has 3 aromatic carbocycles. The van der Waals surface area contributed by atoms with Crippen molar-refractivity contribution in [3.05, 3.63) is 103 Å². The number of halogens is 1. The molecule has 3 aromatic rings. The molecule has 0 heterocycles. The Morgan fingerprint density at radius 3 is 1.46 bits per heavy atom. The lowest BCUT2D eigenvalue weighted by Crippen LogP contribution is -3.00. The second-order valence-corrected chi connectivity index (χ2v) is 12.3. The van der Waals surface area contributed by atoms with Crippen molar-refractivity contribution in [2.75, 3.05) is 20.4 Å². The lowest BCUT2D eigenvalue weighted by Gasteiger charge is -2.27. The maximum Gasteiger partial charge on any atom is 0.156 e. The summed E-state index contributed by atoms with van der Waals surface area (Å²) in [5.74, 6) is 0. The van der Waals surface area contributed by atoms with Crippen LogP contribution >= 0.6 is 7.26 Å². The van der Waals surface area contributed by atoms with E-state index in [0.717, 1.165) is 25.7 Å². The summed E-state index contributed by atoms with van der Waals surface area (Å²) in [7, 11) is 1.72. The third kappa shape index (κ3) is 8.82. The van der Waals surface area contributed by atoms with Gasteiger partial charge in [-0.05, 0) is 74.9 Å². The summed E-state index contributed by atoms with van der Waals surface area (Å²) in [5.41, 5.74) is 0. The first-order chi connectivity index (χ1) is 16.8. The van der Waals surface area contributed by atoms with Crippen molar-refractivity contribution in [1.29, 1.82) is 0 Å². The molecule has 0 atom stereocenters. The summed E-state index contributed by atoms with van der Waals surface area (Å²) in [5, 5.41) is 4.42. The maximum absolute atomic E-state index is 5.26. The highest BCUT2D eigenvalue weighted by Crippen LogP contribution is 2.55. The molecule has 0 aliphatic rings.